The van der Waals surface area contributed by atoms with Crippen molar-refractivity contribution in [2.24, 2.45) is 0 Å². The molecule has 7 heteroatoms. The number of rotatable bonds is 3. The average Bonchev–Trinajstić information content (AvgIpc) is 3.06. The van der Waals surface area contributed by atoms with Crippen LogP contribution >= 0.6 is 11.6 Å². The topological polar surface area (TPSA) is 38.1 Å². The Morgan fingerprint density at radius 2 is 1.96 bits per heavy atom. The highest BCUT2D eigenvalue weighted by Crippen LogP contribution is 2.20. The molecule has 3 rings (SSSR count). The molecular weight excluding hydrogens is 336 g/mol. The van der Waals surface area contributed by atoms with Crippen molar-refractivity contribution in [3.63, 3.8) is 0 Å². The number of anilines is 1. The van der Waals surface area contributed by atoms with Crippen LogP contribution in [0.4, 0.5) is 14.5 Å². The van der Waals surface area contributed by atoms with E-state index in [0.717, 1.165) is 12.1 Å². The Balaban J connectivity index is 1.86. The summed E-state index contributed by atoms with van der Waals surface area (Å²) in [6.07, 6.45) is 2.95. The summed E-state index contributed by atoms with van der Waals surface area (Å²) in [7, 11) is 1.48. The first kappa shape index (κ1) is 16.1. The number of benzene rings is 2. The summed E-state index contributed by atoms with van der Waals surface area (Å²) in [5.41, 5.74) is 1.26. The summed E-state index contributed by atoms with van der Waals surface area (Å²) in [5, 5.41) is 4.68. The molecule has 0 saturated carbocycles. The van der Waals surface area contributed by atoms with Crippen molar-refractivity contribution < 1.29 is 13.6 Å². The third-order valence-corrected chi connectivity index (χ3v) is 3.73. The monoisotopic (exact) mass is 347 g/mol. The number of nitrogens with zero attached hydrogens (tertiary/aromatic N) is 3. The molecule has 0 bridgehead atoms. The van der Waals surface area contributed by atoms with Crippen molar-refractivity contribution in [3.8, 4) is 5.69 Å². The maximum Gasteiger partial charge on any atom is 0.261 e. The van der Waals surface area contributed by atoms with Crippen LogP contribution in [0, 0.1) is 11.6 Å². The largest absolute Gasteiger partial charge is 0.311 e. The minimum absolute atomic E-state index is 0.245. The normalized spacial score (nSPS) is 10.7. The van der Waals surface area contributed by atoms with Gasteiger partial charge in [0.05, 0.1) is 17.4 Å². The third kappa shape index (κ3) is 3.14. The Bertz CT molecular complexity index is 910. The third-order valence-electron chi connectivity index (χ3n) is 3.50. The zero-order chi connectivity index (χ0) is 17.3. The smallest absolute Gasteiger partial charge is 0.261 e. The Morgan fingerprint density at radius 3 is 2.67 bits per heavy atom. The van der Waals surface area contributed by atoms with Gasteiger partial charge in [0, 0.05) is 30.0 Å². The Kier molecular flexibility index (Phi) is 4.31. The lowest BCUT2D eigenvalue weighted by molar-refractivity contribution is 0.0993. The Labute approximate surface area is 141 Å². The van der Waals surface area contributed by atoms with Gasteiger partial charge in [-0.3, -0.25) is 4.79 Å². The molecule has 0 radical (unpaired) electrons. The van der Waals surface area contributed by atoms with E-state index in [2.05, 4.69) is 5.10 Å². The highest BCUT2D eigenvalue weighted by atomic mass is 35.5. The second-order valence-corrected chi connectivity index (χ2v) is 5.55. The lowest BCUT2D eigenvalue weighted by Crippen LogP contribution is -2.26. The first-order valence-corrected chi connectivity index (χ1v) is 7.37. The molecule has 0 atom stereocenters. The molecule has 0 saturated heterocycles. The molecule has 2 aromatic carbocycles. The minimum Gasteiger partial charge on any atom is -0.311 e. The van der Waals surface area contributed by atoms with E-state index in [-0.39, 0.29) is 5.69 Å². The molecule has 3 aromatic rings. The predicted molar refractivity (Wildman–Crippen MR) is 87.7 cm³/mol. The van der Waals surface area contributed by atoms with Crippen molar-refractivity contribution >= 4 is 23.2 Å². The molecule has 0 aliphatic rings. The number of carbonyl (C=O) groups excluding carboxylic acids is 1. The van der Waals surface area contributed by atoms with Gasteiger partial charge in [0.2, 0.25) is 0 Å². The van der Waals surface area contributed by atoms with Gasteiger partial charge in [-0.25, -0.2) is 13.5 Å². The number of aromatic nitrogens is 2. The molecule has 24 heavy (non-hydrogen) atoms. The predicted octanol–water partition coefficient (Wildman–Crippen LogP) is 4.08. The summed E-state index contributed by atoms with van der Waals surface area (Å²) in [6.45, 7) is 0. The fourth-order valence-electron chi connectivity index (χ4n) is 2.20. The molecule has 0 spiro atoms. The maximum absolute atomic E-state index is 13.3. The summed E-state index contributed by atoms with van der Waals surface area (Å²) in [6, 6.07) is 10.3. The number of amides is 1. The molecule has 1 amide bonds. The van der Waals surface area contributed by atoms with Gasteiger partial charge < -0.3 is 4.90 Å². The maximum atomic E-state index is 13.3. The van der Waals surface area contributed by atoms with Crippen LogP contribution in [0.2, 0.25) is 5.02 Å². The Hall–Kier alpha value is -2.73. The summed E-state index contributed by atoms with van der Waals surface area (Å²) in [4.78, 5) is 13.7. The number of hydrogen-bond acceptors (Lipinski definition) is 2. The van der Waals surface area contributed by atoms with Gasteiger partial charge in [-0.2, -0.15) is 5.10 Å². The van der Waals surface area contributed by atoms with Gasteiger partial charge in [-0.15, -0.1) is 0 Å². The van der Waals surface area contributed by atoms with Crippen LogP contribution in [-0.4, -0.2) is 22.7 Å². The molecule has 0 aliphatic carbocycles. The molecule has 0 N–H and O–H groups in total. The van der Waals surface area contributed by atoms with Gasteiger partial charge in [0.15, 0.2) is 11.6 Å². The van der Waals surface area contributed by atoms with Crippen molar-refractivity contribution in [1.29, 1.82) is 0 Å². The fourth-order valence-corrected chi connectivity index (χ4v) is 2.38. The quantitative estimate of drug-likeness (QED) is 0.716. The van der Waals surface area contributed by atoms with Crippen LogP contribution in [-0.2, 0) is 0 Å². The van der Waals surface area contributed by atoms with Crippen molar-refractivity contribution in [2.45, 2.75) is 0 Å². The van der Waals surface area contributed by atoms with E-state index >= 15 is 0 Å². The molecule has 122 valence electrons. The highest BCUT2D eigenvalue weighted by Gasteiger charge is 2.17. The van der Waals surface area contributed by atoms with E-state index in [1.54, 1.807) is 30.5 Å². The second kappa shape index (κ2) is 6.41. The van der Waals surface area contributed by atoms with Crippen LogP contribution in [0.5, 0.6) is 0 Å². The van der Waals surface area contributed by atoms with E-state index in [1.807, 2.05) is 0 Å². The van der Waals surface area contributed by atoms with Crippen molar-refractivity contribution in [1.82, 2.24) is 9.78 Å². The van der Waals surface area contributed by atoms with Crippen LogP contribution in [0.3, 0.4) is 0 Å². The van der Waals surface area contributed by atoms with E-state index in [1.165, 1.54) is 28.9 Å². The SMILES string of the molecule is CN(C(=O)c1cnn(-c2cccc(Cl)c2)c1)c1ccc(F)c(F)c1. The minimum atomic E-state index is -1.01. The molecule has 0 fully saturated rings. The molecule has 1 aromatic heterocycles. The van der Waals surface area contributed by atoms with E-state index in [0.29, 0.717) is 16.3 Å². The van der Waals surface area contributed by atoms with Gasteiger partial charge in [-0.05, 0) is 30.3 Å². The number of hydrogen-bond donors (Lipinski definition) is 0. The van der Waals surface area contributed by atoms with Gasteiger partial charge in [0.25, 0.3) is 5.91 Å². The average molecular weight is 348 g/mol. The zero-order valence-corrected chi connectivity index (χ0v) is 13.3. The molecule has 0 unspecified atom stereocenters. The number of carbonyl (C=O) groups is 1. The van der Waals surface area contributed by atoms with E-state index in [4.69, 9.17) is 11.6 Å². The van der Waals surface area contributed by atoms with Crippen molar-refractivity contribution in [3.05, 3.63) is 77.1 Å². The molecular formula is C17H12ClF2N3O. The number of halogens is 3. The standard InChI is InChI=1S/C17H12ClF2N3O/c1-22(13-5-6-15(19)16(20)8-13)17(24)11-9-21-23(10-11)14-4-2-3-12(18)7-14/h2-10H,1H3. The van der Waals surface area contributed by atoms with E-state index < -0.39 is 17.5 Å². The molecule has 1 heterocycles. The lowest BCUT2D eigenvalue weighted by atomic mass is 10.2. The molecule has 0 aliphatic heterocycles. The lowest BCUT2D eigenvalue weighted by Gasteiger charge is -2.16. The Morgan fingerprint density at radius 1 is 1.17 bits per heavy atom. The van der Waals surface area contributed by atoms with Gasteiger partial charge >= 0.3 is 0 Å². The highest BCUT2D eigenvalue weighted by molar-refractivity contribution is 6.30. The zero-order valence-electron chi connectivity index (χ0n) is 12.6. The second-order valence-electron chi connectivity index (χ2n) is 5.12. The summed E-state index contributed by atoms with van der Waals surface area (Å²) in [5.74, 6) is -2.37. The molecule has 4 nitrogen and oxygen atoms in total. The van der Waals surface area contributed by atoms with Crippen LogP contribution in [0.25, 0.3) is 5.69 Å². The van der Waals surface area contributed by atoms with Gasteiger partial charge in [0.1, 0.15) is 0 Å². The summed E-state index contributed by atoms with van der Waals surface area (Å²) >= 11 is 5.94. The van der Waals surface area contributed by atoms with Crippen LogP contribution in [0.1, 0.15) is 10.4 Å². The van der Waals surface area contributed by atoms with Crippen LogP contribution in [0.15, 0.2) is 54.9 Å². The first-order chi connectivity index (χ1) is 11.5. The van der Waals surface area contributed by atoms with Gasteiger partial charge in [-0.1, -0.05) is 17.7 Å². The van der Waals surface area contributed by atoms with Crippen LogP contribution < -0.4 is 4.90 Å². The fraction of sp³-hybridized carbons (Fsp3) is 0.0588. The van der Waals surface area contributed by atoms with E-state index in [9.17, 15) is 13.6 Å². The first-order valence-electron chi connectivity index (χ1n) is 6.99. The van der Waals surface area contributed by atoms with Crippen molar-refractivity contribution in [2.75, 3.05) is 11.9 Å². The summed E-state index contributed by atoms with van der Waals surface area (Å²) < 4.78 is 27.8.